The highest BCUT2D eigenvalue weighted by Crippen LogP contribution is 2.18. The molecule has 0 aliphatic rings. The van der Waals surface area contributed by atoms with E-state index >= 15 is 0 Å². The molecule has 0 radical (unpaired) electrons. The van der Waals surface area contributed by atoms with Gasteiger partial charge in [0.15, 0.2) is 0 Å². The second-order valence-electron chi connectivity index (χ2n) is 4.55. The quantitative estimate of drug-likeness (QED) is 0.791. The third-order valence-corrected chi connectivity index (χ3v) is 3.09. The van der Waals surface area contributed by atoms with Gasteiger partial charge in [0.25, 0.3) is 0 Å². The highest BCUT2D eigenvalue weighted by Gasteiger charge is 2.18. The summed E-state index contributed by atoms with van der Waals surface area (Å²) in [5, 5.41) is 13.1. The van der Waals surface area contributed by atoms with Crippen LogP contribution in [0.3, 0.4) is 0 Å². The first-order valence-corrected chi connectivity index (χ1v) is 6.95. The molecule has 0 saturated carbocycles. The second kappa shape index (κ2) is 6.71. The van der Waals surface area contributed by atoms with Crippen LogP contribution in [0.25, 0.3) is 5.69 Å². The number of rotatable bonds is 5. The number of ether oxygens (including phenoxy) is 1. The predicted molar refractivity (Wildman–Crippen MR) is 78.2 cm³/mol. The molecule has 1 aromatic carbocycles. The number of nitriles is 1. The van der Waals surface area contributed by atoms with Crippen molar-refractivity contribution in [1.29, 1.82) is 5.26 Å². The summed E-state index contributed by atoms with van der Waals surface area (Å²) in [5.74, 6) is -0.346. The molecule has 2 rings (SSSR count). The molecule has 0 spiro atoms. The van der Waals surface area contributed by atoms with E-state index in [-0.39, 0.29) is 5.97 Å². The first-order valence-electron chi connectivity index (χ1n) is 6.95. The Hall–Kier alpha value is -2.61. The summed E-state index contributed by atoms with van der Waals surface area (Å²) >= 11 is 0. The summed E-state index contributed by atoms with van der Waals surface area (Å²) in [7, 11) is 0. The number of aromatic nitrogens is 2. The van der Waals surface area contributed by atoms with E-state index < -0.39 is 0 Å². The fourth-order valence-electron chi connectivity index (χ4n) is 2.13. The maximum absolute atomic E-state index is 12.0. The van der Waals surface area contributed by atoms with Crippen molar-refractivity contribution < 1.29 is 9.53 Å². The highest BCUT2D eigenvalue weighted by molar-refractivity contribution is 5.90. The highest BCUT2D eigenvalue weighted by atomic mass is 16.5. The van der Waals surface area contributed by atoms with Crippen LogP contribution in [0.5, 0.6) is 0 Å². The van der Waals surface area contributed by atoms with Crippen LogP contribution in [0.4, 0.5) is 0 Å². The monoisotopic (exact) mass is 283 g/mol. The Labute approximate surface area is 123 Å². The number of hydrogen-bond acceptors (Lipinski definition) is 4. The molecule has 0 saturated heterocycles. The van der Waals surface area contributed by atoms with Gasteiger partial charge in [-0.15, -0.1) is 0 Å². The van der Waals surface area contributed by atoms with Crippen molar-refractivity contribution >= 4 is 5.97 Å². The molecule has 0 unspecified atom stereocenters. The standard InChI is InChI=1S/C16H17N3O2/c1-3-5-15-14(16(20)21-4-2)11-18-19(15)13-8-6-12(10-17)7-9-13/h6-9,11H,3-5H2,1-2H3. The molecular formula is C16H17N3O2. The summed E-state index contributed by atoms with van der Waals surface area (Å²) in [5.41, 5.74) is 2.75. The molecule has 0 fully saturated rings. The Morgan fingerprint density at radius 3 is 2.62 bits per heavy atom. The number of carbonyl (C=O) groups excluding carboxylic acids is 1. The van der Waals surface area contributed by atoms with Crippen LogP contribution < -0.4 is 0 Å². The Morgan fingerprint density at radius 1 is 1.33 bits per heavy atom. The molecule has 2 aromatic rings. The third kappa shape index (κ3) is 3.11. The summed E-state index contributed by atoms with van der Waals surface area (Å²) in [4.78, 5) is 12.0. The van der Waals surface area contributed by atoms with Gasteiger partial charge in [-0.1, -0.05) is 13.3 Å². The van der Waals surface area contributed by atoms with Gasteiger partial charge in [0.1, 0.15) is 5.56 Å². The van der Waals surface area contributed by atoms with Crippen LogP contribution in [0.15, 0.2) is 30.5 Å². The SMILES string of the molecule is CCCc1c(C(=O)OCC)cnn1-c1ccc(C#N)cc1. The minimum atomic E-state index is -0.346. The molecule has 0 N–H and O–H groups in total. The zero-order valence-electron chi connectivity index (χ0n) is 12.2. The first-order chi connectivity index (χ1) is 10.2. The summed E-state index contributed by atoms with van der Waals surface area (Å²) in [6.07, 6.45) is 3.17. The molecule has 21 heavy (non-hydrogen) atoms. The number of nitrogens with zero attached hydrogens (tertiary/aromatic N) is 3. The van der Waals surface area contributed by atoms with E-state index in [2.05, 4.69) is 11.2 Å². The van der Waals surface area contributed by atoms with Crippen LogP contribution in [0.2, 0.25) is 0 Å². The van der Waals surface area contributed by atoms with Gasteiger partial charge in [-0.2, -0.15) is 10.4 Å². The van der Waals surface area contributed by atoms with Crippen LogP contribution in [-0.2, 0) is 11.2 Å². The lowest BCUT2D eigenvalue weighted by atomic mass is 10.1. The van der Waals surface area contributed by atoms with Crippen molar-refractivity contribution in [3.8, 4) is 11.8 Å². The lowest BCUT2D eigenvalue weighted by Gasteiger charge is -2.08. The summed E-state index contributed by atoms with van der Waals surface area (Å²) in [6.45, 7) is 4.17. The number of esters is 1. The molecule has 1 heterocycles. The molecular weight excluding hydrogens is 266 g/mol. The van der Waals surface area contributed by atoms with Crippen LogP contribution in [0, 0.1) is 11.3 Å². The van der Waals surface area contributed by atoms with Gasteiger partial charge < -0.3 is 4.74 Å². The van der Waals surface area contributed by atoms with Crippen molar-refractivity contribution in [3.63, 3.8) is 0 Å². The summed E-state index contributed by atoms with van der Waals surface area (Å²) < 4.78 is 6.80. The predicted octanol–water partition coefficient (Wildman–Crippen LogP) is 2.87. The fraction of sp³-hybridized carbons (Fsp3) is 0.312. The Balaban J connectivity index is 2.43. The maximum Gasteiger partial charge on any atom is 0.341 e. The molecule has 5 heteroatoms. The van der Waals surface area contributed by atoms with Gasteiger partial charge in [0.2, 0.25) is 0 Å². The van der Waals surface area contributed by atoms with E-state index in [4.69, 9.17) is 10.00 Å². The molecule has 0 bridgehead atoms. The third-order valence-electron chi connectivity index (χ3n) is 3.09. The Bertz CT molecular complexity index is 666. The summed E-state index contributed by atoms with van der Waals surface area (Å²) in [6, 6.07) is 9.19. The van der Waals surface area contributed by atoms with Crippen molar-refractivity contribution in [3.05, 3.63) is 47.3 Å². The molecule has 0 aliphatic heterocycles. The number of benzene rings is 1. The van der Waals surface area contributed by atoms with E-state index in [1.54, 1.807) is 29.9 Å². The van der Waals surface area contributed by atoms with E-state index in [9.17, 15) is 4.79 Å². The van der Waals surface area contributed by atoms with Gasteiger partial charge in [-0.25, -0.2) is 9.48 Å². The molecule has 0 amide bonds. The van der Waals surface area contributed by atoms with Crippen LogP contribution >= 0.6 is 0 Å². The van der Waals surface area contributed by atoms with Gasteiger partial charge in [0.05, 0.1) is 35.8 Å². The van der Waals surface area contributed by atoms with Crippen molar-refractivity contribution in [2.75, 3.05) is 6.61 Å². The molecule has 1 aromatic heterocycles. The molecule has 108 valence electrons. The van der Waals surface area contributed by atoms with Crippen molar-refractivity contribution in [1.82, 2.24) is 9.78 Å². The van der Waals surface area contributed by atoms with E-state index in [1.807, 2.05) is 19.1 Å². The van der Waals surface area contributed by atoms with E-state index in [1.165, 1.54) is 0 Å². The molecule has 0 aliphatic carbocycles. The lowest BCUT2D eigenvalue weighted by Crippen LogP contribution is -2.09. The topological polar surface area (TPSA) is 67.9 Å². The van der Waals surface area contributed by atoms with Crippen LogP contribution in [0.1, 0.15) is 41.9 Å². The van der Waals surface area contributed by atoms with Crippen LogP contribution in [-0.4, -0.2) is 22.4 Å². The van der Waals surface area contributed by atoms with Gasteiger partial charge in [-0.05, 0) is 37.6 Å². The minimum Gasteiger partial charge on any atom is -0.462 e. The number of hydrogen-bond donors (Lipinski definition) is 0. The largest absolute Gasteiger partial charge is 0.462 e. The van der Waals surface area contributed by atoms with Crippen molar-refractivity contribution in [2.45, 2.75) is 26.7 Å². The normalized spacial score (nSPS) is 10.1. The Kier molecular flexibility index (Phi) is 4.72. The average molecular weight is 283 g/mol. The fourth-order valence-corrected chi connectivity index (χ4v) is 2.13. The Morgan fingerprint density at radius 2 is 2.05 bits per heavy atom. The smallest absolute Gasteiger partial charge is 0.341 e. The maximum atomic E-state index is 12.0. The van der Waals surface area contributed by atoms with E-state index in [0.717, 1.165) is 24.2 Å². The molecule has 5 nitrogen and oxygen atoms in total. The second-order valence-corrected chi connectivity index (χ2v) is 4.55. The van der Waals surface area contributed by atoms with Crippen molar-refractivity contribution in [2.24, 2.45) is 0 Å². The van der Waals surface area contributed by atoms with Gasteiger partial charge in [0, 0.05) is 0 Å². The van der Waals surface area contributed by atoms with Gasteiger partial charge in [-0.3, -0.25) is 0 Å². The minimum absolute atomic E-state index is 0.340. The van der Waals surface area contributed by atoms with Gasteiger partial charge >= 0.3 is 5.97 Å². The number of carbonyl (C=O) groups is 1. The first kappa shape index (κ1) is 14.8. The van der Waals surface area contributed by atoms with E-state index in [0.29, 0.717) is 17.7 Å². The zero-order valence-corrected chi connectivity index (χ0v) is 12.2. The lowest BCUT2D eigenvalue weighted by molar-refractivity contribution is 0.0525. The average Bonchev–Trinajstić information content (AvgIpc) is 2.92. The molecule has 0 atom stereocenters. The zero-order chi connectivity index (χ0) is 15.2.